The fourth-order valence-corrected chi connectivity index (χ4v) is 0.852. The second-order valence-corrected chi connectivity index (χ2v) is 2.14. The Bertz CT molecular complexity index is 309. The molecule has 0 bridgehead atoms. The Kier molecular flexibility index (Phi) is 2.53. The molecule has 1 rings (SSSR count). The van der Waals surface area contributed by atoms with Crippen LogP contribution in [0.15, 0.2) is 18.3 Å². The Hall–Kier alpha value is -1.71. The van der Waals surface area contributed by atoms with E-state index >= 15 is 0 Å². The topological polar surface area (TPSA) is 67.3 Å². The summed E-state index contributed by atoms with van der Waals surface area (Å²) < 4.78 is 0. The number of hydrogen-bond acceptors (Lipinski definition) is 3. The van der Waals surface area contributed by atoms with Crippen molar-refractivity contribution in [3.05, 3.63) is 29.6 Å². The molecule has 0 aliphatic carbocycles. The van der Waals surface area contributed by atoms with Crippen molar-refractivity contribution < 1.29 is 14.7 Å². The third kappa shape index (κ3) is 1.66. The molecule has 0 unspecified atom stereocenters. The number of aromatic nitrogens is 1. The maximum atomic E-state index is 10.5. The third-order valence-corrected chi connectivity index (χ3v) is 1.36. The maximum Gasteiger partial charge on any atom is 0.354 e. The molecule has 0 saturated carbocycles. The quantitative estimate of drug-likeness (QED) is 0.703. The Labute approximate surface area is 68.9 Å². The van der Waals surface area contributed by atoms with Gasteiger partial charge in [-0.05, 0) is 11.6 Å². The van der Waals surface area contributed by atoms with Crippen LogP contribution in [0.2, 0.25) is 0 Å². The first-order chi connectivity index (χ1) is 5.75. The lowest BCUT2D eigenvalue weighted by Gasteiger charge is -1.98. The van der Waals surface area contributed by atoms with Crippen LogP contribution < -0.4 is 0 Å². The van der Waals surface area contributed by atoms with Gasteiger partial charge in [-0.15, -0.1) is 0 Å². The van der Waals surface area contributed by atoms with E-state index < -0.39 is 5.97 Å². The minimum Gasteiger partial charge on any atom is -0.477 e. The smallest absolute Gasteiger partial charge is 0.354 e. The summed E-state index contributed by atoms with van der Waals surface area (Å²) in [5.74, 6) is -1.12. The summed E-state index contributed by atoms with van der Waals surface area (Å²) in [4.78, 5) is 24.1. The van der Waals surface area contributed by atoms with Gasteiger partial charge in [-0.1, -0.05) is 6.07 Å². The van der Waals surface area contributed by atoms with E-state index in [9.17, 15) is 9.59 Å². The van der Waals surface area contributed by atoms with Crippen molar-refractivity contribution in [1.29, 1.82) is 0 Å². The molecule has 0 amide bonds. The van der Waals surface area contributed by atoms with E-state index in [4.69, 9.17) is 5.11 Å². The zero-order chi connectivity index (χ0) is 8.97. The van der Waals surface area contributed by atoms with Gasteiger partial charge >= 0.3 is 5.97 Å². The number of carboxylic acids is 1. The molecule has 4 heteroatoms. The van der Waals surface area contributed by atoms with Gasteiger partial charge in [-0.25, -0.2) is 9.78 Å². The van der Waals surface area contributed by atoms with Crippen LogP contribution >= 0.6 is 0 Å². The number of hydrogen-bond donors (Lipinski definition) is 1. The van der Waals surface area contributed by atoms with E-state index in [-0.39, 0.29) is 12.1 Å². The molecule has 0 atom stereocenters. The molecule has 1 N–H and O–H groups in total. The summed E-state index contributed by atoms with van der Waals surface area (Å²) in [6.07, 6.45) is 2.97. The van der Waals surface area contributed by atoms with Gasteiger partial charge in [0.1, 0.15) is 0 Å². The number of pyridine rings is 1. The van der Waals surface area contributed by atoms with E-state index in [0.29, 0.717) is 5.56 Å². The highest BCUT2D eigenvalue weighted by molar-refractivity contribution is 5.87. The van der Waals surface area contributed by atoms with Crippen LogP contribution in [0.4, 0.5) is 0 Å². The minimum absolute atomic E-state index is 0.0323. The molecule has 1 heterocycles. The van der Waals surface area contributed by atoms with E-state index in [1.54, 1.807) is 18.4 Å². The summed E-state index contributed by atoms with van der Waals surface area (Å²) in [6.45, 7) is 0. The Morgan fingerprint density at radius 2 is 2.42 bits per heavy atom. The molecular weight excluding hydrogens is 158 g/mol. The molecule has 0 saturated heterocycles. The first kappa shape index (κ1) is 8.39. The van der Waals surface area contributed by atoms with Crippen LogP contribution in [0.5, 0.6) is 0 Å². The van der Waals surface area contributed by atoms with Gasteiger partial charge in [-0.2, -0.15) is 0 Å². The lowest BCUT2D eigenvalue weighted by molar-refractivity contribution is 0.0689. The number of nitrogens with zero attached hydrogens (tertiary/aromatic N) is 1. The number of aromatic carboxylic acids is 1. The van der Waals surface area contributed by atoms with Crippen LogP contribution in [-0.4, -0.2) is 22.3 Å². The zero-order valence-corrected chi connectivity index (χ0v) is 6.15. The normalized spacial score (nSPS) is 9.33. The van der Waals surface area contributed by atoms with Crippen LogP contribution in [0, 0.1) is 0 Å². The van der Waals surface area contributed by atoms with Crippen LogP contribution in [-0.2, 0) is 11.2 Å². The highest BCUT2D eigenvalue weighted by Gasteiger charge is 2.09. The average Bonchev–Trinajstić information content (AvgIpc) is 2.05. The molecule has 0 spiro atoms. The molecular formula is C8H6NO3. The summed E-state index contributed by atoms with van der Waals surface area (Å²) in [6, 6.07) is 3.13. The van der Waals surface area contributed by atoms with E-state index in [1.165, 1.54) is 6.20 Å². The third-order valence-electron chi connectivity index (χ3n) is 1.36. The molecule has 0 aliphatic heterocycles. The van der Waals surface area contributed by atoms with Crippen molar-refractivity contribution in [2.24, 2.45) is 0 Å². The van der Waals surface area contributed by atoms with E-state index in [1.807, 2.05) is 0 Å². The Morgan fingerprint density at radius 1 is 1.67 bits per heavy atom. The summed E-state index contributed by atoms with van der Waals surface area (Å²) in [7, 11) is 0. The molecule has 0 fully saturated rings. The largest absolute Gasteiger partial charge is 0.477 e. The summed E-state index contributed by atoms with van der Waals surface area (Å²) in [5, 5.41) is 8.60. The highest BCUT2D eigenvalue weighted by atomic mass is 16.4. The van der Waals surface area contributed by atoms with Crippen LogP contribution in [0.25, 0.3) is 0 Å². The monoisotopic (exact) mass is 164 g/mol. The fourth-order valence-electron chi connectivity index (χ4n) is 0.852. The lowest BCUT2D eigenvalue weighted by atomic mass is 10.1. The average molecular weight is 164 g/mol. The SMILES string of the molecule is O=[C]Cc1cccnc1C(=O)O. The first-order valence-electron chi connectivity index (χ1n) is 3.28. The molecule has 12 heavy (non-hydrogen) atoms. The number of rotatable bonds is 3. The van der Waals surface area contributed by atoms with Crippen molar-refractivity contribution in [2.75, 3.05) is 0 Å². The predicted molar refractivity (Wildman–Crippen MR) is 40.6 cm³/mol. The van der Waals surface area contributed by atoms with E-state index in [0.717, 1.165) is 0 Å². The molecule has 0 aromatic carbocycles. The van der Waals surface area contributed by atoms with Crippen molar-refractivity contribution in [3.8, 4) is 0 Å². The van der Waals surface area contributed by atoms with Gasteiger partial charge in [0.05, 0.1) is 0 Å². The maximum absolute atomic E-state index is 10.5. The van der Waals surface area contributed by atoms with Crippen molar-refractivity contribution >= 4 is 12.3 Å². The Morgan fingerprint density at radius 3 is 3.00 bits per heavy atom. The summed E-state index contributed by atoms with van der Waals surface area (Å²) in [5.41, 5.74) is 0.306. The molecule has 1 aromatic heterocycles. The second kappa shape index (κ2) is 3.61. The molecule has 1 radical (unpaired) electrons. The van der Waals surface area contributed by atoms with Crippen molar-refractivity contribution in [3.63, 3.8) is 0 Å². The number of carboxylic acid groups (broad SMARTS) is 1. The second-order valence-electron chi connectivity index (χ2n) is 2.14. The van der Waals surface area contributed by atoms with Crippen molar-refractivity contribution in [2.45, 2.75) is 6.42 Å². The van der Waals surface area contributed by atoms with E-state index in [2.05, 4.69) is 4.98 Å². The highest BCUT2D eigenvalue weighted by Crippen LogP contribution is 2.04. The lowest BCUT2D eigenvalue weighted by Crippen LogP contribution is -2.05. The van der Waals surface area contributed by atoms with Crippen LogP contribution in [0.1, 0.15) is 16.1 Å². The molecule has 4 nitrogen and oxygen atoms in total. The van der Waals surface area contributed by atoms with Gasteiger partial charge in [0.25, 0.3) is 0 Å². The standard InChI is InChI=1S/C8H6NO3/c10-5-3-6-2-1-4-9-7(6)8(11)12/h1-2,4H,3H2,(H,11,12). The first-order valence-corrected chi connectivity index (χ1v) is 3.28. The Balaban J connectivity index is 3.07. The minimum atomic E-state index is -1.12. The molecule has 61 valence electrons. The van der Waals surface area contributed by atoms with Gasteiger partial charge in [-0.3, -0.25) is 4.79 Å². The number of carbonyl (C=O) groups is 1. The van der Waals surface area contributed by atoms with Gasteiger partial charge in [0.15, 0.2) is 5.69 Å². The van der Waals surface area contributed by atoms with Gasteiger partial charge in [0.2, 0.25) is 6.29 Å². The summed E-state index contributed by atoms with van der Waals surface area (Å²) >= 11 is 0. The fraction of sp³-hybridized carbons (Fsp3) is 0.125. The molecule has 1 aromatic rings. The predicted octanol–water partition coefficient (Wildman–Crippen LogP) is 0.432. The number of carbonyl (C=O) groups excluding carboxylic acids is 1. The molecule has 0 aliphatic rings. The van der Waals surface area contributed by atoms with Crippen LogP contribution in [0.3, 0.4) is 0 Å². The van der Waals surface area contributed by atoms with Gasteiger partial charge < -0.3 is 5.11 Å². The van der Waals surface area contributed by atoms with Crippen molar-refractivity contribution in [1.82, 2.24) is 4.98 Å². The van der Waals surface area contributed by atoms with Gasteiger partial charge in [0, 0.05) is 12.6 Å². The zero-order valence-electron chi connectivity index (χ0n) is 6.15.